The number of benzene rings is 2. The van der Waals surface area contributed by atoms with Crippen LogP contribution in [0, 0.1) is 5.82 Å². The van der Waals surface area contributed by atoms with Gasteiger partial charge < -0.3 is 10.4 Å². The maximum absolute atomic E-state index is 12.9. The van der Waals surface area contributed by atoms with E-state index in [0.29, 0.717) is 18.5 Å². The van der Waals surface area contributed by atoms with E-state index in [9.17, 15) is 9.50 Å². The van der Waals surface area contributed by atoms with Gasteiger partial charge in [0.15, 0.2) is 0 Å². The highest BCUT2D eigenvalue weighted by atomic mass is 19.1. The van der Waals surface area contributed by atoms with Gasteiger partial charge in [0, 0.05) is 12.6 Å². The highest BCUT2D eigenvalue weighted by Crippen LogP contribution is 2.36. The molecule has 2 aromatic carbocycles. The Labute approximate surface area is 124 Å². The van der Waals surface area contributed by atoms with Crippen LogP contribution in [-0.2, 0) is 0 Å². The van der Waals surface area contributed by atoms with E-state index in [2.05, 4.69) is 5.32 Å². The fourth-order valence-electron chi connectivity index (χ4n) is 2.86. The van der Waals surface area contributed by atoms with Gasteiger partial charge in [0.2, 0.25) is 0 Å². The van der Waals surface area contributed by atoms with Gasteiger partial charge in [-0.25, -0.2) is 4.39 Å². The zero-order valence-corrected chi connectivity index (χ0v) is 11.9. The van der Waals surface area contributed by atoms with E-state index in [0.717, 1.165) is 18.4 Å². The Bertz CT molecular complexity index is 564. The molecule has 0 amide bonds. The number of halogens is 1. The highest BCUT2D eigenvalue weighted by molar-refractivity contribution is 5.23. The van der Waals surface area contributed by atoms with E-state index in [1.807, 2.05) is 42.5 Å². The molecule has 110 valence electrons. The summed E-state index contributed by atoms with van der Waals surface area (Å²) >= 11 is 0. The first-order chi connectivity index (χ1) is 10.2. The van der Waals surface area contributed by atoms with Gasteiger partial charge in [-0.1, -0.05) is 42.5 Å². The van der Waals surface area contributed by atoms with Gasteiger partial charge in [0.05, 0.1) is 6.10 Å². The number of aliphatic hydroxyl groups excluding tert-OH is 1. The summed E-state index contributed by atoms with van der Waals surface area (Å²) in [5.74, 6) is 0.329. The Balaban J connectivity index is 1.44. The minimum Gasteiger partial charge on any atom is -0.387 e. The summed E-state index contributed by atoms with van der Waals surface area (Å²) in [6.45, 7) is 0.574. The van der Waals surface area contributed by atoms with Crippen LogP contribution >= 0.6 is 0 Å². The molecule has 0 aromatic heterocycles. The van der Waals surface area contributed by atoms with E-state index in [1.165, 1.54) is 17.7 Å². The molecule has 0 radical (unpaired) electrons. The van der Waals surface area contributed by atoms with Crippen molar-refractivity contribution in [1.82, 2.24) is 5.32 Å². The lowest BCUT2D eigenvalue weighted by molar-refractivity contribution is 0.157. The molecular weight excluding hydrogens is 265 g/mol. The minimum absolute atomic E-state index is 0.182. The van der Waals surface area contributed by atoms with Crippen LogP contribution in [0.25, 0.3) is 0 Å². The van der Waals surface area contributed by atoms with E-state index < -0.39 is 6.10 Å². The van der Waals surface area contributed by atoms with Crippen LogP contribution in [0.5, 0.6) is 0 Å². The van der Waals surface area contributed by atoms with Gasteiger partial charge in [0.25, 0.3) is 0 Å². The predicted molar refractivity (Wildman–Crippen MR) is 81.6 cm³/mol. The van der Waals surface area contributed by atoms with Crippen molar-refractivity contribution in [3.63, 3.8) is 0 Å². The molecule has 0 aliphatic heterocycles. The third kappa shape index (κ3) is 3.49. The fourth-order valence-corrected chi connectivity index (χ4v) is 2.86. The zero-order valence-electron chi connectivity index (χ0n) is 11.9. The summed E-state index contributed by atoms with van der Waals surface area (Å²) in [6.07, 6.45) is 1.64. The number of aliphatic hydroxyl groups is 1. The Morgan fingerprint density at radius 1 is 1.05 bits per heavy atom. The second-order valence-electron chi connectivity index (χ2n) is 5.75. The monoisotopic (exact) mass is 285 g/mol. The lowest BCUT2D eigenvalue weighted by Gasteiger charge is -2.37. The summed E-state index contributed by atoms with van der Waals surface area (Å²) in [7, 11) is 0. The Kier molecular flexibility index (Phi) is 4.32. The second-order valence-corrected chi connectivity index (χ2v) is 5.75. The van der Waals surface area contributed by atoms with Gasteiger partial charge in [-0.2, -0.15) is 0 Å². The van der Waals surface area contributed by atoms with Crippen LogP contribution < -0.4 is 5.32 Å². The van der Waals surface area contributed by atoms with Crippen molar-refractivity contribution in [1.29, 1.82) is 0 Å². The molecule has 1 aliphatic rings. The van der Waals surface area contributed by atoms with Gasteiger partial charge in [-0.15, -0.1) is 0 Å². The predicted octanol–water partition coefficient (Wildman–Crippen LogP) is 3.39. The topological polar surface area (TPSA) is 32.3 Å². The van der Waals surface area contributed by atoms with Crippen molar-refractivity contribution in [2.24, 2.45) is 0 Å². The summed E-state index contributed by atoms with van der Waals surface area (Å²) in [4.78, 5) is 0. The molecule has 1 unspecified atom stereocenters. The lowest BCUT2D eigenvalue weighted by Crippen LogP contribution is -2.41. The van der Waals surface area contributed by atoms with Crippen molar-refractivity contribution in [3.05, 3.63) is 71.5 Å². The molecule has 2 N–H and O–H groups in total. The zero-order chi connectivity index (χ0) is 14.7. The molecule has 1 saturated carbocycles. The Morgan fingerprint density at radius 3 is 2.38 bits per heavy atom. The van der Waals surface area contributed by atoms with Crippen molar-refractivity contribution < 1.29 is 9.50 Å². The first-order valence-electron chi connectivity index (χ1n) is 7.44. The molecule has 3 heteroatoms. The van der Waals surface area contributed by atoms with Crippen LogP contribution in [0.2, 0.25) is 0 Å². The summed E-state index contributed by atoms with van der Waals surface area (Å²) in [5.41, 5.74) is 2.15. The minimum atomic E-state index is -0.462. The smallest absolute Gasteiger partial charge is 0.123 e. The third-order valence-electron chi connectivity index (χ3n) is 4.26. The quantitative estimate of drug-likeness (QED) is 0.882. The molecule has 1 aliphatic carbocycles. The van der Waals surface area contributed by atoms with Crippen LogP contribution in [0.15, 0.2) is 54.6 Å². The average Bonchev–Trinajstić information content (AvgIpc) is 2.48. The molecule has 1 fully saturated rings. The normalized spacial score (nSPS) is 22.6. The van der Waals surface area contributed by atoms with Crippen molar-refractivity contribution in [2.45, 2.75) is 30.9 Å². The van der Waals surface area contributed by atoms with Crippen LogP contribution in [0.3, 0.4) is 0 Å². The summed E-state index contributed by atoms with van der Waals surface area (Å²) < 4.78 is 12.9. The molecule has 3 rings (SSSR count). The SMILES string of the molecule is OC(CNC1CC(c2ccc(F)cc2)C1)c1ccccc1. The first kappa shape index (κ1) is 14.2. The van der Waals surface area contributed by atoms with E-state index >= 15 is 0 Å². The van der Waals surface area contributed by atoms with Crippen molar-refractivity contribution in [2.75, 3.05) is 6.54 Å². The number of hydrogen-bond acceptors (Lipinski definition) is 2. The van der Waals surface area contributed by atoms with Crippen LogP contribution in [0.1, 0.15) is 36.0 Å². The Morgan fingerprint density at radius 2 is 1.71 bits per heavy atom. The fraction of sp³-hybridized carbons (Fsp3) is 0.333. The standard InChI is InChI=1S/C18H20FNO/c19-16-8-6-13(7-9-16)15-10-17(11-15)20-12-18(21)14-4-2-1-3-5-14/h1-9,15,17-18,20-21H,10-12H2. The lowest BCUT2D eigenvalue weighted by atomic mass is 9.76. The second kappa shape index (κ2) is 6.37. The molecular formula is C18H20FNO. The Hall–Kier alpha value is -1.71. The maximum Gasteiger partial charge on any atom is 0.123 e. The van der Waals surface area contributed by atoms with Gasteiger partial charge in [-0.05, 0) is 42.0 Å². The summed E-state index contributed by atoms with van der Waals surface area (Å²) in [6, 6.07) is 16.9. The van der Waals surface area contributed by atoms with E-state index in [1.54, 1.807) is 0 Å². The van der Waals surface area contributed by atoms with Gasteiger partial charge >= 0.3 is 0 Å². The highest BCUT2D eigenvalue weighted by Gasteiger charge is 2.30. The molecule has 21 heavy (non-hydrogen) atoms. The largest absolute Gasteiger partial charge is 0.387 e. The maximum atomic E-state index is 12.9. The van der Waals surface area contributed by atoms with Crippen molar-refractivity contribution in [3.8, 4) is 0 Å². The molecule has 2 nitrogen and oxygen atoms in total. The number of hydrogen-bond donors (Lipinski definition) is 2. The van der Waals surface area contributed by atoms with E-state index in [4.69, 9.17) is 0 Å². The van der Waals surface area contributed by atoms with Crippen molar-refractivity contribution >= 4 is 0 Å². The molecule has 1 atom stereocenters. The molecule has 0 heterocycles. The van der Waals surface area contributed by atoms with Crippen LogP contribution in [0.4, 0.5) is 4.39 Å². The van der Waals surface area contributed by atoms with Crippen LogP contribution in [-0.4, -0.2) is 17.7 Å². The third-order valence-corrected chi connectivity index (χ3v) is 4.26. The number of rotatable bonds is 5. The average molecular weight is 285 g/mol. The van der Waals surface area contributed by atoms with E-state index in [-0.39, 0.29) is 5.82 Å². The van der Waals surface area contributed by atoms with Gasteiger partial charge in [0.1, 0.15) is 5.82 Å². The molecule has 0 saturated heterocycles. The molecule has 0 spiro atoms. The molecule has 2 aromatic rings. The van der Waals surface area contributed by atoms with Gasteiger partial charge in [-0.3, -0.25) is 0 Å². The first-order valence-corrected chi connectivity index (χ1v) is 7.44. The summed E-state index contributed by atoms with van der Waals surface area (Å²) in [5, 5.41) is 13.5. The number of nitrogens with one attached hydrogen (secondary N) is 1. The molecule has 0 bridgehead atoms.